The van der Waals surface area contributed by atoms with Gasteiger partial charge in [-0.05, 0) is 6.42 Å². The Bertz CT molecular complexity index is 401. The predicted octanol–water partition coefficient (Wildman–Crippen LogP) is 1.03. The van der Waals surface area contributed by atoms with Crippen LogP contribution in [0, 0.1) is 0 Å². The number of ether oxygens (including phenoxy) is 1. The zero-order chi connectivity index (χ0) is 19.6. The molecule has 7 heteroatoms. The van der Waals surface area contributed by atoms with Crippen LogP contribution in [0.2, 0.25) is 0 Å². The molecule has 0 aliphatic carbocycles. The fourth-order valence-corrected chi connectivity index (χ4v) is 3.37. The Kier molecular flexibility index (Phi) is 10.8. The number of aliphatic hydroxyl groups is 5. The maximum atomic E-state index is 12.1. The molecule has 0 aromatic heterocycles. The maximum absolute atomic E-state index is 12.1. The summed E-state index contributed by atoms with van der Waals surface area (Å²) in [6, 6.07) is 0. The van der Waals surface area contributed by atoms with Crippen LogP contribution < -0.4 is 0 Å². The zero-order valence-corrected chi connectivity index (χ0v) is 15.8. The average molecular weight is 376 g/mol. The molecular weight excluding hydrogens is 340 g/mol. The van der Waals surface area contributed by atoms with Gasteiger partial charge in [-0.15, -0.1) is 0 Å². The number of aliphatic hydroxyl groups excluding tert-OH is 4. The average Bonchev–Trinajstić information content (AvgIpc) is 2.62. The Morgan fingerprint density at radius 2 is 1.46 bits per heavy atom. The van der Waals surface area contributed by atoms with Gasteiger partial charge in [-0.25, -0.2) is 0 Å². The van der Waals surface area contributed by atoms with Crippen molar-refractivity contribution in [2.24, 2.45) is 0 Å². The molecule has 0 unspecified atom stereocenters. The summed E-state index contributed by atoms with van der Waals surface area (Å²) in [4.78, 5) is 12.1. The van der Waals surface area contributed by atoms with Crippen molar-refractivity contribution in [1.29, 1.82) is 0 Å². The zero-order valence-electron chi connectivity index (χ0n) is 15.8. The molecule has 1 aliphatic heterocycles. The van der Waals surface area contributed by atoms with Crippen molar-refractivity contribution in [3.63, 3.8) is 0 Å². The number of ketones is 1. The highest BCUT2D eigenvalue weighted by atomic mass is 16.7. The molecule has 0 aromatic rings. The van der Waals surface area contributed by atoms with E-state index in [2.05, 4.69) is 6.92 Å². The summed E-state index contributed by atoms with van der Waals surface area (Å²) in [6.45, 7) is 1.55. The largest absolute Gasteiger partial charge is 0.394 e. The lowest BCUT2D eigenvalue weighted by Gasteiger charge is -2.45. The molecule has 26 heavy (non-hydrogen) atoms. The van der Waals surface area contributed by atoms with Gasteiger partial charge in [0.25, 0.3) is 0 Å². The second kappa shape index (κ2) is 12.0. The first-order valence-electron chi connectivity index (χ1n) is 9.92. The van der Waals surface area contributed by atoms with Crippen LogP contribution in [0.5, 0.6) is 0 Å². The third-order valence-corrected chi connectivity index (χ3v) is 5.06. The Labute approximate surface area is 156 Å². The number of unbranched alkanes of at least 4 members (excludes halogenated alkanes) is 8. The molecular formula is C19H36O7. The summed E-state index contributed by atoms with van der Waals surface area (Å²) in [6.07, 6.45) is 3.65. The minimum Gasteiger partial charge on any atom is -0.394 e. The van der Waals surface area contributed by atoms with Crippen LogP contribution in [0.4, 0.5) is 0 Å². The quantitative estimate of drug-likeness (QED) is 0.304. The maximum Gasteiger partial charge on any atom is 0.202 e. The fourth-order valence-electron chi connectivity index (χ4n) is 3.37. The van der Waals surface area contributed by atoms with Crippen molar-refractivity contribution in [1.82, 2.24) is 0 Å². The highest BCUT2D eigenvalue weighted by Crippen LogP contribution is 2.31. The number of hydrogen-bond acceptors (Lipinski definition) is 7. The van der Waals surface area contributed by atoms with Crippen molar-refractivity contribution in [2.75, 3.05) is 6.61 Å². The molecule has 7 nitrogen and oxygen atoms in total. The molecule has 1 aliphatic rings. The Hall–Kier alpha value is -0.570. The van der Waals surface area contributed by atoms with Crippen LogP contribution in [-0.2, 0) is 9.53 Å². The molecule has 1 fully saturated rings. The lowest BCUT2D eigenvalue weighted by Crippen LogP contribution is -2.65. The van der Waals surface area contributed by atoms with E-state index in [1.807, 2.05) is 0 Å². The fraction of sp³-hybridized carbons (Fsp3) is 0.947. The lowest BCUT2D eigenvalue weighted by atomic mass is 9.89. The monoisotopic (exact) mass is 376 g/mol. The lowest BCUT2D eigenvalue weighted by molar-refractivity contribution is -0.347. The second-order valence-electron chi connectivity index (χ2n) is 7.40. The van der Waals surface area contributed by atoms with E-state index in [1.165, 1.54) is 32.1 Å². The van der Waals surface area contributed by atoms with E-state index in [-0.39, 0.29) is 12.2 Å². The first kappa shape index (κ1) is 23.5. The van der Waals surface area contributed by atoms with E-state index in [1.54, 1.807) is 0 Å². The van der Waals surface area contributed by atoms with Gasteiger partial charge in [0, 0.05) is 6.42 Å². The number of carbonyl (C=O) groups is 1. The molecule has 1 heterocycles. The third-order valence-electron chi connectivity index (χ3n) is 5.06. The van der Waals surface area contributed by atoms with E-state index in [9.17, 15) is 25.2 Å². The SMILES string of the molecule is CCCCCCCCCCCC(=O)C[C@]1(O)O[C@H](CO)[C@H](O)[C@H](O)[C@H]1O. The van der Waals surface area contributed by atoms with Crippen LogP contribution in [-0.4, -0.2) is 68.1 Å². The molecule has 1 saturated heterocycles. The van der Waals surface area contributed by atoms with E-state index in [0.29, 0.717) is 6.42 Å². The summed E-state index contributed by atoms with van der Waals surface area (Å²) in [5.74, 6) is -2.57. The van der Waals surface area contributed by atoms with E-state index >= 15 is 0 Å². The molecule has 1 rings (SSSR count). The van der Waals surface area contributed by atoms with Crippen molar-refractivity contribution in [3.05, 3.63) is 0 Å². The molecule has 5 N–H and O–H groups in total. The van der Waals surface area contributed by atoms with Gasteiger partial charge in [0.1, 0.15) is 30.2 Å². The van der Waals surface area contributed by atoms with Crippen LogP contribution in [0.25, 0.3) is 0 Å². The number of hydrogen-bond donors (Lipinski definition) is 5. The third kappa shape index (κ3) is 7.21. The van der Waals surface area contributed by atoms with Gasteiger partial charge in [-0.2, -0.15) is 0 Å². The highest BCUT2D eigenvalue weighted by Gasteiger charge is 2.53. The summed E-state index contributed by atoms with van der Waals surface area (Å²) in [7, 11) is 0. The minimum absolute atomic E-state index is 0.261. The normalized spacial score (nSPS) is 31.9. The Morgan fingerprint density at radius 3 is 2.00 bits per heavy atom. The topological polar surface area (TPSA) is 127 Å². The first-order valence-corrected chi connectivity index (χ1v) is 9.92. The molecule has 0 saturated carbocycles. The highest BCUT2D eigenvalue weighted by molar-refractivity contribution is 5.79. The van der Waals surface area contributed by atoms with E-state index in [4.69, 9.17) is 9.84 Å². The van der Waals surface area contributed by atoms with Gasteiger partial charge in [0.2, 0.25) is 5.79 Å². The number of rotatable bonds is 13. The van der Waals surface area contributed by atoms with Crippen molar-refractivity contribution in [3.8, 4) is 0 Å². The van der Waals surface area contributed by atoms with Gasteiger partial charge < -0.3 is 30.3 Å². The molecule has 0 bridgehead atoms. The molecule has 0 amide bonds. The van der Waals surface area contributed by atoms with Crippen LogP contribution >= 0.6 is 0 Å². The summed E-state index contributed by atoms with van der Waals surface area (Å²) in [5.41, 5.74) is 0. The molecule has 0 spiro atoms. The van der Waals surface area contributed by atoms with Crippen LogP contribution in [0.3, 0.4) is 0 Å². The summed E-state index contributed by atoms with van der Waals surface area (Å²) >= 11 is 0. The van der Waals surface area contributed by atoms with Crippen molar-refractivity contribution in [2.45, 2.75) is 108 Å². The Morgan fingerprint density at radius 1 is 0.923 bits per heavy atom. The van der Waals surface area contributed by atoms with Crippen molar-refractivity contribution >= 4 is 5.78 Å². The van der Waals surface area contributed by atoms with Gasteiger partial charge in [0.15, 0.2) is 0 Å². The van der Waals surface area contributed by atoms with Gasteiger partial charge in [0.05, 0.1) is 13.0 Å². The van der Waals surface area contributed by atoms with E-state index in [0.717, 1.165) is 19.3 Å². The smallest absolute Gasteiger partial charge is 0.202 e. The molecule has 0 aromatic carbocycles. The summed E-state index contributed by atoms with van der Waals surface area (Å²) < 4.78 is 5.11. The summed E-state index contributed by atoms with van der Waals surface area (Å²) in [5, 5.41) is 48.9. The second-order valence-corrected chi connectivity index (χ2v) is 7.40. The molecule has 154 valence electrons. The van der Waals surface area contributed by atoms with Gasteiger partial charge in [-0.1, -0.05) is 58.3 Å². The first-order chi connectivity index (χ1) is 12.4. The predicted molar refractivity (Wildman–Crippen MR) is 96.4 cm³/mol. The molecule has 5 atom stereocenters. The van der Waals surface area contributed by atoms with Gasteiger partial charge >= 0.3 is 0 Å². The minimum atomic E-state index is -2.29. The van der Waals surface area contributed by atoms with Gasteiger partial charge in [-0.3, -0.25) is 4.79 Å². The van der Waals surface area contributed by atoms with Crippen molar-refractivity contribution < 1.29 is 35.1 Å². The Balaban J connectivity index is 2.27. The molecule has 0 radical (unpaired) electrons. The number of Topliss-reactive ketones (excluding diaryl/α,β-unsaturated/α-hetero) is 1. The standard InChI is InChI=1S/C19H36O7/c1-2-3-4-5-6-7-8-9-10-11-14(21)12-19(25)18(24)17(23)16(22)15(13-20)26-19/h15-18,20,22-25H,2-13H2,1H3/t15-,16+,17+,18-,19+/m1/s1. The van der Waals surface area contributed by atoms with Crippen LogP contribution in [0.15, 0.2) is 0 Å². The van der Waals surface area contributed by atoms with E-state index < -0.39 is 43.2 Å². The number of carbonyl (C=O) groups excluding carboxylic acids is 1. The van der Waals surface area contributed by atoms with Crippen LogP contribution in [0.1, 0.15) is 77.6 Å².